The Morgan fingerprint density at radius 2 is 1.88 bits per heavy atom. The highest BCUT2D eigenvalue weighted by atomic mass is 16.6. The van der Waals surface area contributed by atoms with Crippen LogP contribution in [0.3, 0.4) is 0 Å². The molecule has 1 aromatic rings. The van der Waals surface area contributed by atoms with E-state index in [2.05, 4.69) is 24.4 Å². The minimum Gasteiger partial charge on any atom is -0.463 e. The maximum Gasteiger partial charge on any atom is 0.302 e. The van der Waals surface area contributed by atoms with Gasteiger partial charge < -0.3 is 14.8 Å². The molecule has 94 valence electrons. The molecule has 1 N–H and O–H groups in total. The zero-order chi connectivity index (χ0) is 12.5. The minimum absolute atomic E-state index is 0.272. The molecule has 0 saturated carbocycles. The summed E-state index contributed by atoms with van der Waals surface area (Å²) in [5.74, 6) is -0.272. The Morgan fingerprint density at radius 1 is 1.18 bits per heavy atom. The molecular weight excluding hydrogens is 218 g/mol. The number of hydrogen-bond acceptors (Lipinski definition) is 4. The highest BCUT2D eigenvalue weighted by Crippen LogP contribution is 2.07. The van der Waals surface area contributed by atoms with E-state index in [-0.39, 0.29) is 5.97 Å². The van der Waals surface area contributed by atoms with Crippen molar-refractivity contribution in [2.75, 3.05) is 31.7 Å². The zero-order valence-corrected chi connectivity index (χ0v) is 10.4. The molecule has 0 radical (unpaired) electrons. The Hall–Kier alpha value is -1.55. The monoisotopic (exact) mass is 237 g/mol. The van der Waals surface area contributed by atoms with Crippen molar-refractivity contribution in [1.82, 2.24) is 0 Å². The van der Waals surface area contributed by atoms with Crippen molar-refractivity contribution >= 4 is 11.7 Å². The van der Waals surface area contributed by atoms with Gasteiger partial charge >= 0.3 is 5.97 Å². The Morgan fingerprint density at radius 3 is 2.53 bits per heavy atom. The second kappa shape index (κ2) is 7.68. The molecule has 0 heterocycles. The molecule has 0 fully saturated rings. The maximum absolute atomic E-state index is 10.5. The topological polar surface area (TPSA) is 47.6 Å². The molecule has 0 atom stereocenters. The molecule has 4 heteroatoms. The van der Waals surface area contributed by atoms with Gasteiger partial charge in [-0.15, -0.1) is 0 Å². The summed E-state index contributed by atoms with van der Waals surface area (Å²) >= 11 is 0. The van der Waals surface area contributed by atoms with E-state index in [4.69, 9.17) is 9.47 Å². The van der Waals surface area contributed by atoms with Crippen LogP contribution >= 0.6 is 0 Å². The van der Waals surface area contributed by atoms with Crippen molar-refractivity contribution in [3.63, 3.8) is 0 Å². The number of aryl methyl sites for hydroxylation is 1. The lowest BCUT2D eigenvalue weighted by Crippen LogP contribution is -2.13. The molecule has 0 aliphatic carbocycles. The Kier molecular flexibility index (Phi) is 6.10. The Balaban J connectivity index is 2.01. The fourth-order valence-corrected chi connectivity index (χ4v) is 1.29. The van der Waals surface area contributed by atoms with Crippen LogP contribution in [-0.4, -0.2) is 32.3 Å². The van der Waals surface area contributed by atoms with Crippen molar-refractivity contribution in [3.8, 4) is 0 Å². The second-order valence-electron chi connectivity index (χ2n) is 3.75. The molecular formula is C13H19NO3. The van der Waals surface area contributed by atoms with Crippen LogP contribution in [0.15, 0.2) is 24.3 Å². The van der Waals surface area contributed by atoms with Crippen molar-refractivity contribution < 1.29 is 14.3 Å². The smallest absolute Gasteiger partial charge is 0.302 e. The summed E-state index contributed by atoms with van der Waals surface area (Å²) in [7, 11) is 0. The molecule has 0 aliphatic heterocycles. The largest absolute Gasteiger partial charge is 0.463 e. The zero-order valence-electron chi connectivity index (χ0n) is 10.4. The van der Waals surface area contributed by atoms with Gasteiger partial charge in [-0.25, -0.2) is 0 Å². The van der Waals surface area contributed by atoms with E-state index in [1.54, 1.807) is 0 Å². The third-order valence-electron chi connectivity index (χ3n) is 2.16. The van der Waals surface area contributed by atoms with Crippen LogP contribution < -0.4 is 5.32 Å². The summed E-state index contributed by atoms with van der Waals surface area (Å²) in [6, 6.07) is 8.19. The first-order valence-electron chi connectivity index (χ1n) is 5.70. The highest BCUT2D eigenvalue weighted by Gasteiger charge is 1.94. The van der Waals surface area contributed by atoms with E-state index in [1.165, 1.54) is 12.5 Å². The van der Waals surface area contributed by atoms with Gasteiger partial charge in [-0.05, 0) is 19.1 Å². The molecule has 0 aromatic heterocycles. The summed E-state index contributed by atoms with van der Waals surface area (Å²) < 4.78 is 10.0. The molecule has 17 heavy (non-hydrogen) atoms. The number of carbonyl (C=O) groups excluding carboxylic acids is 1. The van der Waals surface area contributed by atoms with Gasteiger partial charge in [-0.2, -0.15) is 0 Å². The SMILES string of the molecule is CC(=O)OCCOCCNc1ccc(C)cc1. The Labute approximate surface area is 102 Å². The van der Waals surface area contributed by atoms with E-state index >= 15 is 0 Å². The van der Waals surface area contributed by atoms with Gasteiger partial charge in [0.25, 0.3) is 0 Å². The fourth-order valence-electron chi connectivity index (χ4n) is 1.29. The van der Waals surface area contributed by atoms with Gasteiger partial charge in [0.15, 0.2) is 0 Å². The lowest BCUT2D eigenvalue weighted by atomic mass is 10.2. The predicted octanol–water partition coefficient (Wildman–Crippen LogP) is 1.99. The third kappa shape index (κ3) is 6.58. The first kappa shape index (κ1) is 13.5. The van der Waals surface area contributed by atoms with Crippen LogP contribution in [0.2, 0.25) is 0 Å². The molecule has 0 bridgehead atoms. The highest BCUT2D eigenvalue weighted by molar-refractivity contribution is 5.65. The van der Waals surface area contributed by atoms with Gasteiger partial charge in [0.1, 0.15) is 6.61 Å². The lowest BCUT2D eigenvalue weighted by Gasteiger charge is -2.07. The van der Waals surface area contributed by atoms with Crippen molar-refractivity contribution in [2.24, 2.45) is 0 Å². The number of esters is 1. The van der Waals surface area contributed by atoms with Gasteiger partial charge in [0.05, 0.1) is 13.2 Å². The van der Waals surface area contributed by atoms with E-state index in [0.29, 0.717) is 19.8 Å². The molecule has 0 unspecified atom stereocenters. The van der Waals surface area contributed by atoms with Gasteiger partial charge in [0.2, 0.25) is 0 Å². The van der Waals surface area contributed by atoms with Crippen molar-refractivity contribution in [2.45, 2.75) is 13.8 Å². The molecule has 0 aliphatic rings. The fraction of sp³-hybridized carbons (Fsp3) is 0.462. The number of benzene rings is 1. The number of hydrogen-bond donors (Lipinski definition) is 1. The number of rotatable bonds is 7. The van der Waals surface area contributed by atoms with Crippen LogP contribution in [0, 0.1) is 6.92 Å². The first-order chi connectivity index (χ1) is 8.18. The summed E-state index contributed by atoms with van der Waals surface area (Å²) in [6.07, 6.45) is 0. The van der Waals surface area contributed by atoms with Gasteiger partial charge in [-0.1, -0.05) is 17.7 Å². The second-order valence-corrected chi connectivity index (χ2v) is 3.75. The maximum atomic E-state index is 10.5. The summed E-state index contributed by atoms with van der Waals surface area (Å²) in [4.78, 5) is 10.5. The van der Waals surface area contributed by atoms with Crippen LogP contribution in [0.4, 0.5) is 5.69 Å². The number of ether oxygens (including phenoxy) is 2. The van der Waals surface area contributed by atoms with Crippen LogP contribution in [0.5, 0.6) is 0 Å². The van der Waals surface area contributed by atoms with E-state index in [1.807, 2.05) is 12.1 Å². The molecule has 0 spiro atoms. The summed E-state index contributed by atoms with van der Waals surface area (Å²) in [6.45, 7) is 5.54. The summed E-state index contributed by atoms with van der Waals surface area (Å²) in [5.41, 5.74) is 2.33. The van der Waals surface area contributed by atoms with Gasteiger partial charge in [0, 0.05) is 19.2 Å². The normalized spacial score (nSPS) is 10.0. The molecule has 1 aromatic carbocycles. The standard InChI is InChI=1S/C13H19NO3/c1-11-3-5-13(6-4-11)14-7-8-16-9-10-17-12(2)15/h3-6,14H,7-10H2,1-2H3. The van der Waals surface area contributed by atoms with Crippen LogP contribution in [-0.2, 0) is 14.3 Å². The van der Waals surface area contributed by atoms with Gasteiger partial charge in [-0.3, -0.25) is 4.79 Å². The molecule has 0 amide bonds. The quantitative estimate of drug-likeness (QED) is 0.582. The van der Waals surface area contributed by atoms with Crippen LogP contribution in [0.1, 0.15) is 12.5 Å². The average Bonchev–Trinajstić information content (AvgIpc) is 2.30. The van der Waals surface area contributed by atoms with E-state index in [9.17, 15) is 4.79 Å². The Bertz CT molecular complexity index is 335. The molecule has 4 nitrogen and oxygen atoms in total. The van der Waals surface area contributed by atoms with Crippen LogP contribution in [0.25, 0.3) is 0 Å². The van der Waals surface area contributed by atoms with E-state index < -0.39 is 0 Å². The first-order valence-corrected chi connectivity index (χ1v) is 5.70. The molecule has 1 rings (SSSR count). The van der Waals surface area contributed by atoms with E-state index in [0.717, 1.165) is 12.2 Å². The average molecular weight is 237 g/mol. The minimum atomic E-state index is -0.272. The van der Waals surface area contributed by atoms with Crippen molar-refractivity contribution in [3.05, 3.63) is 29.8 Å². The lowest BCUT2D eigenvalue weighted by molar-refractivity contribution is -0.142. The number of carbonyl (C=O) groups is 1. The number of nitrogens with one attached hydrogen (secondary N) is 1. The van der Waals surface area contributed by atoms with Crippen molar-refractivity contribution in [1.29, 1.82) is 0 Å². The predicted molar refractivity (Wildman–Crippen MR) is 67.1 cm³/mol. The summed E-state index contributed by atoms with van der Waals surface area (Å²) in [5, 5.41) is 3.24. The third-order valence-corrected chi connectivity index (χ3v) is 2.16. The number of anilines is 1. The molecule has 0 saturated heterocycles.